The van der Waals surface area contributed by atoms with E-state index < -0.39 is 0 Å². The van der Waals surface area contributed by atoms with Crippen LogP contribution in [0.4, 0.5) is 0 Å². The van der Waals surface area contributed by atoms with Gasteiger partial charge >= 0.3 is 0 Å². The Balaban J connectivity index is 1.75. The number of rotatable bonds is 15. The van der Waals surface area contributed by atoms with Gasteiger partial charge in [-0.3, -0.25) is 0 Å². The molecule has 1 aromatic heterocycles. The molecule has 0 aliphatic carbocycles. The van der Waals surface area contributed by atoms with Crippen molar-refractivity contribution in [3.8, 4) is 0 Å². The summed E-state index contributed by atoms with van der Waals surface area (Å²) in [5.74, 6) is 0. The third-order valence-corrected chi connectivity index (χ3v) is 5.63. The minimum absolute atomic E-state index is 0.0119. The summed E-state index contributed by atoms with van der Waals surface area (Å²) in [6, 6.07) is 5.70. The molecule has 2 aromatic rings. The molecule has 0 bridgehead atoms. The van der Waals surface area contributed by atoms with Crippen molar-refractivity contribution >= 4 is 23.2 Å². The molecule has 0 saturated carbocycles. The van der Waals surface area contributed by atoms with Gasteiger partial charge in [-0.2, -0.15) is 0 Å². The fourth-order valence-corrected chi connectivity index (χ4v) is 3.96. The van der Waals surface area contributed by atoms with Crippen LogP contribution in [0.25, 0.3) is 0 Å². The Morgan fingerprint density at radius 2 is 1.75 bits per heavy atom. The number of unbranched alkanes of at least 4 members (excludes halogenated alkanes) is 7. The number of benzene rings is 1. The van der Waals surface area contributed by atoms with E-state index in [-0.39, 0.29) is 6.10 Å². The highest BCUT2D eigenvalue weighted by Gasteiger charge is 2.16. The highest BCUT2D eigenvalue weighted by Crippen LogP contribution is 2.31. The van der Waals surface area contributed by atoms with E-state index in [0.29, 0.717) is 10.0 Å². The lowest BCUT2D eigenvalue weighted by Crippen LogP contribution is -2.08. The van der Waals surface area contributed by atoms with Crippen LogP contribution in [0.15, 0.2) is 36.9 Å². The molecular formula is C23H34Cl2N2O. The Labute approximate surface area is 180 Å². The first-order chi connectivity index (χ1) is 13.7. The van der Waals surface area contributed by atoms with E-state index in [4.69, 9.17) is 27.9 Å². The number of aromatic nitrogens is 2. The van der Waals surface area contributed by atoms with Crippen LogP contribution in [0.3, 0.4) is 0 Å². The van der Waals surface area contributed by atoms with Gasteiger partial charge in [-0.1, -0.05) is 81.1 Å². The zero-order chi connectivity index (χ0) is 20.0. The number of aryl methyl sites for hydroxylation is 1. The largest absolute Gasteiger partial charge is 0.373 e. The molecule has 5 heteroatoms. The van der Waals surface area contributed by atoms with E-state index in [2.05, 4.69) is 16.5 Å². The molecule has 0 aliphatic rings. The second kappa shape index (κ2) is 14.0. The first kappa shape index (κ1) is 23.3. The molecule has 3 nitrogen and oxygen atoms in total. The molecule has 0 aliphatic heterocycles. The molecule has 1 heterocycles. The predicted molar refractivity (Wildman–Crippen MR) is 119 cm³/mol. The average molecular weight is 425 g/mol. The monoisotopic (exact) mass is 424 g/mol. The van der Waals surface area contributed by atoms with Gasteiger partial charge in [0.15, 0.2) is 0 Å². The van der Waals surface area contributed by atoms with Crippen LogP contribution in [-0.2, 0) is 11.3 Å². The summed E-state index contributed by atoms with van der Waals surface area (Å²) >= 11 is 12.5. The Morgan fingerprint density at radius 1 is 1.00 bits per heavy atom. The van der Waals surface area contributed by atoms with E-state index in [1.54, 1.807) is 6.07 Å². The zero-order valence-corrected chi connectivity index (χ0v) is 18.6. The van der Waals surface area contributed by atoms with E-state index in [1.807, 2.05) is 30.9 Å². The van der Waals surface area contributed by atoms with Gasteiger partial charge in [0.1, 0.15) is 0 Å². The Hall–Kier alpha value is -1.03. The molecule has 0 spiro atoms. The van der Waals surface area contributed by atoms with Crippen LogP contribution in [0.5, 0.6) is 0 Å². The molecule has 0 fully saturated rings. The highest BCUT2D eigenvalue weighted by atomic mass is 35.5. The van der Waals surface area contributed by atoms with E-state index >= 15 is 0 Å². The van der Waals surface area contributed by atoms with Gasteiger partial charge in [-0.25, -0.2) is 4.98 Å². The summed E-state index contributed by atoms with van der Waals surface area (Å²) < 4.78 is 8.36. The van der Waals surface area contributed by atoms with Crippen LogP contribution >= 0.6 is 23.2 Å². The van der Waals surface area contributed by atoms with E-state index in [0.717, 1.165) is 38.0 Å². The standard InChI is InChI=1S/C23H34Cl2N2O/c1-2-3-4-5-6-7-8-9-17-28-23(11-10-15-27-16-14-26-19-27)21-13-12-20(24)18-22(21)25/h12-14,16,18-19,23H,2-11,15,17H2,1H3. The molecule has 0 radical (unpaired) electrons. The summed E-state index contributed by atoms with van der Waals surface area (Å²) in [4.78, 5) is 4.10. The van der Waals surface area contributed by atoms with Crippen LogP contribution in [0.2, 0.25) is 10.0 Å². The number of halogens is 2. The lowest BCUT2D eigenvalue weighted by Gasteiger charge is -2.20. The van der Waals surface area contributed by atoms with Gasteiger partial charge in [-0.05, 0) is 37.0 Å². The summed E-state index contributed by atoms with van der Waals surface area (Å²) in [6.45, 7) is 3.97. The Bertz CT molecular complexity index is 646. The fraction of sp³-hybridized carbons (Fsp3) is 0.609. The highest BCUT2D eigenvalue weighted by molar-refractivity contribution is 6.35. The average Bonchev–Trinajstić information content (AvgIpc) is 3.19. The number of nitrogens with zero attached hydrogens (tertiary/aromatic N) is 2. The third kappa shape index (κ3) is 8.98. The number of hydrogen-bond acceptors (Lipinski definition) is 2. The van der Waals surface area contributed by atoms with Crippen LogP contribution < -0.4 is 0 Å². The maximum absolute atomic E-state index is 6.45. The molecule has 0 N–H and O–H groups in total. The molecule has 1 aromatic carbocycles. The van der Waals surface area contributed by atoms with Crippen LogP contribution in [-0.4, -0.2) is 16.2 Å². The van der Waals surface area contributed by atoms with Crippen molar-refractivity contribution in [3.05, 3.63) is 52.5 Å². The van der Waals surface area contributed by atoms with Crippen molar-refractivity contribution in [2.45, 2.75) is 83.8 Å². The van der Waals surface area contributed by atoms with Crippen molar-refractivity contribution in [1.82, 2.24) is 9.55 Å². The van der Waals surface area contributed by atoms with Gasteiger partial charge in [0.2, 0.25) is 0 Å². The first-order valence-corrected chi connectivity index (χ1v) is 11.5. The molecule has 0 amide bonds. The molecule has 2 rings (SSSR count). The smallest absolute Gasteiger partial charge is 0.0945 e. The van der Waals surface area contributed by atoms with Gasteiger partial charge in [0.25, 0.3) is 0 Å². The summed E-state index contributed by atoms with van der Waals surface area (Å²) in [6.07, 6.45) is 18.0. The predicted octanol–water partition coefficient (Wildman–Crippen LogP) is 7.87. The third-order valence-electron chi connectivity index (χ3n) is 5.07. The maximum Gasteiger partial charge on any atom is 0.0945 e. The van der Waals surface area contributed by atoms with Crippen molar-refractivity contribution in [3.63, 3.8) is 0 Å². The van der Waals surface area contributed by atoms with Crippen molar-refractivity contribution in [2.24, 2.45) is 0 Å². The Kier molecular flexibility index (Phi) is 11.7. The SMILES string of the molecule is CCCCCCCCCCOC(CCCn1ccnc1)c1ccc(Cl)cc1Cl. The van der Waals surface area contributed by atoms with Gasteiger partial charge in [0, 0.05) is 35.6 Å². The summed E-state index contributed by atoms with van der Waals surface area (Å²) in [7, 11) is 0. The summed E-state index contributed by atoms with van der Waals surface area (Å²) in [5.41, 5.74) is 1.04. The van der Waals surface area contributed by atoms with Gasteiger partial charge in [0.05, 0.1) is 12.4 Å². The van der Waals surface area contributed by atoms with E-state index in [9.17, 15) is 0 Å². The lowest BCUT2D eigenvalue weighted by molar-refractivity contribution is 0.0419. The molecule has 1 unspecified atom stereocenters. The van der Waals surface area contributed by atoms with E-state index in [1.165, 1.54) is 44.9 Å². The van der Waals surface area contributed by atoms with Gasteiger partial charge < -0.3 is 9.30 Å². The topological polar surface area (TPSA) is 27.1 Å². The van der Waals surface area contributed by atoms with Crippen LogP contribution in [0.1, 0.15) is 82.8 Å². The first-order valence-electron chi connectivity index (χ1n) is 10.7. The molecule has 0 saturated heterocycles. The number of ether oxygens (including phenoxy) is 1. The second-order valence-electron chi connectivity index (χ2n) is 7.44. The molecule has 156 valence electrons. The fourth-order valence-electron chi connectivity index (χ4n) is 3.43. The minimum atomic E-state index is 0.0119. The molecular weight excluding hydrogens is 391 g/mol. The maximum atomic E-state index is 6.45. The number of imidazole rings is 1. The van der Waals surface area contributed by atoms with Crippen molar-refractivity contribution < 1.29 is 4.74 Å². The molecule has 28 heavy (non-hydrogen) atoms. The van der Waals surface area contributed by atoms with Gasteiger partial charge in [-0.15, -0.1) is 0 Å². The molecule has 1 atom stereocenters. The minimum Gasteiger partial charge on any atom is -0.373 e. The second-order valence-corrected chi connectivity index (χ2v) is 8.29. The lowest BCUT2D eigenvalue weighted by atomic mass is 10.0. The number of hydrogen-bond donors (Lipinski definition) is 0. The van der Waals surface area contributed by atoms with Crippen LogP contribution in [0, 0.1) is 0 Å². The normalized spacial score (nSPS) is 12.4. The van der Waals surface area contributed by atoms with Crippen molar-refractivity contribution in [2.75, 3.05) is 6.61 Å². The zero-order valence-electron chi connectivity index (χ0n) is 17.1. The summed E-state index contributed by atoms with van der Waals surface area (Å²) in [5, 5.41) is 1.35. The van der Waals surface area contributed by atoms with Crippen molar-refractivity contribution in [1.29, 1.82) is 0 Å². The Morgan fingerprint density at radius 3 is 2.43 bits per heavy atom. The quantitative estimate of drug-likeness (QED) is 0.272.